The van der Waals surface area contributed by atoms with Crippen LogP contribution in [0.3, 0.4) is 0 Å². The fraction of sp³-hybridized carbons (Fsp3) is 0.692. The van der Waals surface area contributed by atoms with Gasteiger partial charge in [0.05, 0.1) is 11.7 Å². The number of hydrogen-bond acceptors (Lipinski definition) is 5. The molecule has 6 heteroatoms. The predicted octanol–water partition coefficient (Wildman–Crippen LogP) is 6.06. The lowest BCUT2D eigenvalue weighted by atomic mass is 9.95. The minimum Gasteiger partial charge on any atom is -0.490 e. The van der Waals surface area contributed by atoms with Gasteiger partial charge in [0, 0.05) is 43.3 Å². The van der Waals surface area contributed by atoms with Crippen LogP contribution in [0.1, 0.15) is 81.1 Å². The Kier molecular flexibility index (Phi) is 9.41. The second-order valence-electron chi connectivity index (χ2n) is 9.76. The van der Waals surface area contributed by atoms with Gasteiger partial charge in [-0.2, -0.15) is 0 Å². The quantitative estimate of drug-likeness (QED) is 0.271. The third-order valence-corrected chi connectivity index (χ3v) is 5.92. The molecule has 1 unspecified atom stereocenters. The van der Waals surface area contributed by atoms with Gasteiger partial charge in [0.15, 0.2) is 0 Å². The highest BCUT2D eigenvalue weighted by molar-refractivity contribution is 6.02. The molecule has 2 fully saturated rings. The van der Waals surface area contributed by atoms with E-state index in [9.17, 15) is 4.79 Å². The van der Waals surface area contributed by atoms with Crippen molar-refractivity contribution in [1.82, 2.24) is 9.80 Å². The molecule has 0 aromatic heterocycles. The number of carbonyl (C=O) groups is 1. The molecule has 1 saturated heterocycles. The Bertz CT molecular complexity index is 770. The van der Waals surface area contributed by atoms with Crippen molar-refractivity contribution in [2.24, 2.45) is 4.99 Å². The fourth-order valence-corrected chi connectivity index (χ4v) is 3.90. The number of ether oxygens (including phenoxy) is 2. The highest BCUT2D eigenvalue weighted by Gasteiger charge is 2.32. The van der Waals surface area contributed by atoms with E-state index in [0.29, 0.717) is 12.6 Å². The molecule has 1 atom stereocenters. The van der Waals surface area contributed by atoms with Crippen LogP contribution in [0.5, 0.6) is 0 Å². The molecule has 0 bridgehead atoms. The van der Waals surface area contributed by atoms with Gasteiger partial charge in [-0.1, -0.05) is 13.0 Å². The summed E-state index contributed by atoms with van der Waals surface area (Å²) in [6.45, 7) is 18.2. The van der Waals surface area contributed by atoms with Crippen LogP contribution in [0.25, 0.3) is 0 Å². The van der Waals surface area contributed by atoms with Gasteiger partial charge in [-0.05, 0) is 80.2 Å². The predicted molar refractivity (Wildman–Crippen MR) is 132 cm³/mol. The maximum atomic E-state index is 12.6. The Morgan fingerprint density at radius 1 is 1.19 bits per heavy atom. The van der Waals surface area contributed by atoms with E-state index in [-0.39, 0.29) is 12.1 Å². The molecule has 1 heterocycles. The molecule has 0 N–H and O–H groups in total. The molecule has 1 amide bonds. The Labute approximate surface area is 195 Å². The summed E-state index contributed by atoms with van der Waals surface area (Å²) in [5, 5.41) is 0. The molecular formula is C26H43N3O3. The van der Waals surface area contributed by atoms with Crippen molar-refractivity contribution in [2.45, 2.75) is 98.8 Å². The number of aliphatic imine (C=N–C) groups is 1. The van der Waals surface area contributed by atoms with E-state index in [4.69, 9.17) is 14.5 Å². The van der Waals surface area contributed by atoms with Crippen LogP contribution in [0.2, 0.25) is 0 Å². The Balaban J connectivity index is 2.27. The molecular weight excluding hydrogens is 402 g/mol. The van der Waals surface area contributed by atoms with Gasteiger partial charge >= 0.3 is 6.09 Å². The summed E-state index contributed by atoms with van der Waals surface area (Å²) in [6, 6.07) is 0.0497. The van der Waals surface area contributed by atoms with Crippen LogP contribution in [-0.2, 0) is 9.47 Å². The Morgan fingerprint density at radius 3 is 2.38 bits per heavy atom. The SMILES string of the molecule is C\C=C(OC1CCC1)/C(=C(/C)N1CCN(C(=O)OC(C)(C)C)C(C)C1)C(/C)=N/C=C/CC. The Morgan fingerprint density at radius 2 is 1.88 bits per heavy atom. The zero-order valence-corrected chi connectivity index (χ0v) is 21.4. The first-order valence-electron chi connectivity index (χ1n) is 12.1. The molecule has 2 aliphatic rings. The van der Waals surface area contributed by atoms with Crippen LogP contribution in [0.4, 0.5) is 4.79 Å². The molecule has 1 aliphatic heterocycles. The number of amides is 1. The number of hydrogen-bond donors (Lipinski definition) is 0. The highest BCUT2D eigenvalue weighted by atomic mass is 16.6. The standard InChI is InChI=1S/C26H43N3O3/c1-9-11-15-27-20(4)24(23(10-2)31-22-13-12-14-22)21(5)28-16-17-29(19(3)18-28)25(30)32-26(6,7)8/h10-11,15,19,22H,9,12-14,16-18H2,1-8H3/b15-11+,23-10+,24-21-,27-20+. The van der Waals surface area contributed by atoms with Crippen molar-refractivity contribution in [1.29, 1.82) is 0 Å². The van der Waals surface area contributed by atoms with E-state index in [0.717, 1.165) is 55.1 Å². The van der Waals surface area contributed by atoms with Crippen molar-refractivity contribution in [3.63, 3.8) is 0 Å². The molecule has 0 radical (unpaired) electrons. The molecule has 1 aliphatic carbocycles. The smallest absolute Gasteiger partial charge is 0.410 e. The summed E-state index contributed by atoms with van der Waals surface area (Å²) in [5.41, 5.74) is 2.65. The largest absolute Gasteiger partial charge is 0.490 e. The van der Waals surface area contributed by atoms with Gasteiger partial charge < -0.3 is 19.3 Å². The van der Waals surface area contributed by atoms with Gasteiger partial charge in [0.25, 0.3) is 0 Å². The molecule has 0 spiro atoms. The minimum absolute atomic E-state index is 0.0497. The molecule has 180 valence electrons. The average molecular weight is 446 g/mol. The summed E-state index contributed by atoms with van der Waals surface area (Å²) in [5.74, 6) is 0.903. The van der Waals surface area contributed by atoms with Crippen LogP contribution in [-0.4, -0.2) is 59.0 Å². The molecule has 0 aromatic carbocycles. The van der Waals surface area contributed by atoms with E-state index < -0.39 is 5.60 Å². The first kappa shape index (κ1) is 26.0. The van der Waals surface area contributed by atoms with Crippen molar-refractivity contribution in [3.8, 4) is 0 Å². The topological polar surface area (TPSA) is 54.4 Å². The Hall–Kier alpha value is -2.24. The number of piperazine rings is 1. The number of rotatable bonds is 7. The van der Waals surface area contributed by atoms with Gasteiger partial charge in [-0.3, -0.25) is 4.99 Å². The number of allylic oxidation sites excluding steroid dienone is 4. The van der Waals surface area contributed by atoms with Crippen molar-refractivity contribution < 1.29 is 14.3 Å². The van der Waals surface area contributed by atoms with Gasteiger partial charge in [0.2, 0.25) is 0 Å². The zero-order chi connectivity index (χ0) is 23.9. The molecule has 6 nitrogen and oxygen atoms in total. The van der Waals surface area contributed by atoms with Gasteiger partial charge in [-0.25, -0.2) is 4.79 Å². The monoisotopic (exact) mass is 445 g/mol. The second-order valence-corrected chi connectivity index (χ2v) is 9.76. The van der Waals surface area contributed by atoms with Crippen molar-refractivity contribution in [3.05, 3.63) is 35.4 Å². The normalized spacial score (nSPS) is 22.1. The van der Waals surface area contributed by atoms with Crippen molar-refractivity contribution in [2.75, 3.05) is 19.6 Å². The van der Waals surface area contributed by atoms with Gasteiger partial charge in [0.1, 0.15) is 11.4 Å². The molecule has 32 heavy (non-hydrogen) atoms. The summed E-state index contributed by atoms with van der Waals surface area (Å²) in [4.78, 5) is 21.5. The first-order chi connectivity index (χ1) is 15.1. The average Bonchev–Trinajstić information content (AvgIpc) is 2.67. The maximum absolute atomic E-state index is 12.6. The third-order valence-electron chi connectivity index (χ3n) is 5.92. The summed E-state index contributed by atoms with van der Waals surface area (Å²) >= 11 is 0. The van der Waals surface area contributed by atoms with Crippen LogP contribution in [0.15, 0.2) is 40.4 Å². The number of nitrogens with zero attached hydrogens (tertiary/aromatic N) is 3. The fourth-order valence-electron chi connectivity index (χ4n) is 3.90. The number of carbonyl (C=O) groups excluding carboxylic acids is 1. The zero-order valence-electron chi connectivity index (χ0n) is 21.4. The lowest BCUT2D eigenvalue weighted by molar-refractivity contribution is 0.00474. The molecule has 1 saturated carbocycles. The highest BCUT2D eigenvalue weighted by Crippen LogP contribution is 2.30. The van der Waals surface area contributed by atoms with Crippen LogP contribution < -0.4 is 0 Å². The maximum Gasteiger partial charge on any atom is 0.410 e. The van der Waals surface area contributed by atoms with E-state index in [2.05, 4.69) is 37.8 Å². The van der Waals surface area contributed by atoms with E-state index >= 15 is 0 Å². The van der Waals surface area contributed by atoms with E-state index in [1.165, 1.54) is 6.42 Å². The van der Waals surface area contributed by atoms with E-state index in [1.54, 1.807) is 0 Å². The van der Waals surface area contributed by atoms with E-state index in [1.807, 2.05) is 45.7 Å². The molecule has 2 rings (SSSR count). The lowest BCUT2D eigenvalue weighted by Crippen LogP contribution is -2.54. The third kappa shape index (κ3) is 7.14. The van der Waals surface area contributed by atoms with Gasteiger partial charge in [-0.15, -0.1) is 0 Å². The summed E-state index contributed by atoms with van der Waals surface area (Å²) < 4.78 is 12.0. The van der Waals surface area contributed by atoms with Crippen molar-refractivity contribution >= 4 is 11.8 Å². The minimum atomic E-state index is -0.490. The second kappa shape index (κ2) is 11.6. The van der Waals surface area contributed by atoms with Crippen LogP contribution >= 0.6 is 0 Å². The lowest BCUT2D eigenvalue weighted by Gasteiger charge is -2.42. The summed E-state index contributed by atoms with van der Waals surface area (Å²) in [7, 11) is 0. The summed E-state index contributed by atoms with van der Waals surface area (Å²) in [6.07, 6.45) is 10.5. The molecule has 0 aromatic rings. The van der Waals surface area contributed by atoms with Crippen LogP contribution in [0, 0.1) is 0 Å². The first-order valence-corrected chi connectivity index (χ1v) is 12.1.